The molecule has 1 aromatic carbocycles. The van der Waals surface area contributed by atoms with E-state index >= 15 is 0 Å². The van der Waals surface area contributed by atoms with Crippen LogP contribution in [-0.2, 0) is 4.79 Å². The highest BCUT2D eigenvalue weighted by Crippen LogP contribution is 2.38. The molecular formula is C18H28N2O. The van der Waals surface area contributed by atoms with Crippen LogP contribution in [0.5, 0.6) is 0 Å². The van der Waals surface area contributed by atoms with Crippen LogP contribution in [0.1, 0.15) is 62.6 Å². The SMILES string of the molecule is Cc1ccccc1[C@H](C)NC(=O)CC1(CN)CCCCC1. The normalized spacial score (nSPS) is 19.0. The molecule has 1 atom stereocenters. The van der Waals surface area contributed by atoms with Crippen LogP contribution in [0, 0.1) is 12.3 Å². The summed E-state index contributed by atoms with van der Waals surface area (Å²) < 4.78 is 0. The molecule has 1 amide bonds. The summed E-state index contributed by atoms with van der Waals surface area (Å²) in [5, 5.41) is 3.15. The van der Waals surface area contributed by atoms with Gasteiger partial charge in [-0.1, -0.05) is 43.5 Å². The number of nitrogens with one attached hydrogen (secondary N) is 1. The summed E-state index contributed by atoms with van der Waals surface area (Å²) in [5.74, 6) is 0.137. The van der Waals surface area contributed by atoms with E-state index in [0.29, 0.717) is 13.0 Å². The molecule has 0 aliphatic heterocycles. The zero-order valence-electron chi connectivity index (χ0n) is 13.3. The summed E-state index contributed by atoms with van der Waals surface area (Å²) in [6, 6.07) is 8.27. The molecule has 116 valence electrons. The van der Waals surface area contributed by atoms with Gasteiger partial charge in [0.05, 0.1) is 6.04 Å². The molecule has 1 saturated carbocycles. The largest absolute Gasteiger partial charge is 0.350 e. The lowest BCUT2D eigenvalue weighted by Gasteiger charge is -2.36. The molecule has 0 radical (unpaired) electrons. The Balaban J connectivity index is 1.96. The fraction of sp³-hybridized carbons (Fsp3) is 0.611. The molecule has 1 fully saturated rings. The van der Waals surface area contributed by atoms with Crippen LogP contribution >= 0.6 is 0 Å². The molecule has 0 unspecified atom stereocenters. The van der Waals surface area contributed by atoms with Gasteiger partial charge in [0.2, 0.25) is 5.91 Å². The molecule has 0 aromatic heterocycles. The molecule has 21 heavy (non-hydrogen) atoms. The van der Waals surface area contributed by atoms with E-state index in [0.717, 1.165) is 12.8 Å². The van der Waals surface area contributed by atoms with Crippen LogP contribution in [0.15, 0.2) is 24.3 Å². The summed E-state index contributed by atoms with van der Waals surface area (Å²) in [4.78, 5) is 12.4. The van der Waals surface area contributed by atoms with Crippen LogP contribution in [-0.4, -0.2) is 12.5 Å². The van der Waals surface area contributed by atoms with Gasteiger partial charge in [-0.3, -0.25) is 4.79 Å². The number of nitrogens with two attached hydrogens (primary N) is 1. The van der Waals surface area contributed by atoms with Crippen molar-refractivity contribution in [1.29, 1.82) is 0 Å². The minimum atomic E-state index is 0.0355. The van der Waals surface area contributed by atoms with Crippen molar-refractivity contribution in [2.24, 2.45) is 11.1 Å². The number of benzene rings is 1. The van der Waals surface area contributed by atoms with Crippen LogP contribution in [0.4, 0.5) is 0 Å². The Morgan fingerprint density at radius 1 is 1.29 bits per heavy atom. The predicted molar refractivity (Wildman–Crippen MR) is 86.9 cm³/mol. The third-order valence-electron chi connectivity index (χ3n) is 4.92. The van der Waals surface area contributed by atoms with Crippen molar-refractivity contribution in [2.45, 2.75) is 58.4 Å². The third kappa shape index (κ3) is 4.07. The van der Waals surface area contributed by atoms with Gasteiger partial charge in [0, 0.05) is 6.42 Å². The number of hydrogen-bond donors (Lipinski definition) is 2. The molecule has 0 spiro atoms. The lowest BCUT2D eigenvalue weighted by molar-refractivity contribution is -0.124. The molecule has 1 aliphatic rings. The van der Waals surface area contributed by atoms with Crippen molar-refractivity contribution >= 4 is 5.91 Å². The Morgan fingerprint density at radius 3 is 2.57 bits per heavy atom. The maximum atomic E-state index is 12.4. The zero-order valence-corrected chi connectivity index (χ0v) is 13.3. The molecule has 1 aliphatic carbocycles. The van der Waals surface area contributed by atoms with Gasteiger partial charge < -0.3 is 11.1 Å². The number of amides is 1. The Bertz CT molecular complexity index is 478. The average molecular weight is 288 g/mol. The number of hydrogen-bond acceptors (Lipinski definition) is 2. The Labute approximate surface area is 128 Å². The summed E-state index contributed by atoms with van der Waals surface area (Å²) >= 11 is 0. The van der Waals surface area contributed by atoms with E-state index < -0.39 is 0 Å². The lowest BCUT2D eigenvalue weighted by Crippen LogP contribution is -2.39. The van der Waals surface area contributed by atoms with Crippen LogP contribution in [0.2, 0.25) is 0 Å². The van der Waals surface area contributed by atoms with Gasteiger partial charge in [-0.15, -0.1) is 0 Å². The quantitative estimate of drug-likeness (QED) is 0.871. The van der Waals surface area contributed by atoms with Crippen LogP contribution < -0.4 is 11.1 Å². The van der Waals surface area contributed by atoms with E-state index in [-0.39, 0.29) is 17.4 Å². The highest BCUT2D eigenvalue weighted by atomic mass is 16.1. The summed E-state index contributed by atoms with van der Waals surface area (Å²) in [5.41, 5.74) is 8.42. The van der Waals surface area contributed by atoms with Gasteiger partial charge in [0.25, 0.3) is 0 Å². The van der Waals surface area contributed by atoms with Gasteiger partial charge >= 0.3 is 0 Å². The second kappa shape index (κ2) is 7.08. The first-order valence-electron chi connectivity index (χ1n) is 8.11. The topological polar surface area (TPSA) is 55.1 Å². The first-order valence-corrected chi connectivity index (χ1v) is 8.11. The maximum absolute atomic E-state index is 12.4. The Morgan fingerprint density at radius 2 is 1.95 bits per heavy atom. The zero-order chi connectivity index (χ0) is 15.3. The summed E-state index contributed by atoms with van der Waals surface area (Å²) in [7, 11) is 0. The lowest BCUT2D eigenvalue weighted by atomic mass is 9.71. The van der Waals surface area contributed by atoms with Gasteiger partial charge in [-0.2, -0.15) is 0 Å². The van der Waals surface area contributed by atoms with Gasteiger partial charge in [-0.05, 0) is 49.8 Å². The minimum Gasteiger partial charge on any atom is -0.350 e. The van der Waals surface area contributed by atoms with E-state index in [1.54, 1.807) is 0 Å². The fourth-order valence-electron chi connectivity index (χ4n) is 3.54. The molecule has 1 aromatic rings. The molecular weight excluding hydrogens is 260 g/mol. The van der Waals surface area contributed by atoms with Gasteiger partial charge in [0.15, 0.2) is 0 Å². The number of aryl methyl sites for hydroxylation is 1. The van der Waals surface area contributed by atoms with E-state index in [1.165, 1.54) is 30.4 Å². The Hall–Kier alpha value is -1.35. The number of carbonyl (C=O) groups is 1. The van der Waals surface area contributed by atoms with Crippen LogP contribution in [0.3, 0.4) is 0 Å². The van der Waals surface area contributed by atoms with Crippen molar-refractivity contribution < 1.29 is 4.79 Å². The number of carbonyl (C=O) groups excluding carboxylic acids is 1. The van der Waals surface area contributed by atoms with E-state index in [4.69, 9.17) is 5.73 Å². The van der Waals surface area contributed by atoms with Gasteiger partial charge in [0.1, 0.15) is 0 Å². The molecule has 2 rings (SSSR count). The summed E-state index contributed by atoms with van der Waals surface area (Å²) in [6.07, 6.45) is 6.45. The van der Waals surface area contributed by atoms with Crippen molar-refractivity contribution in [3.05, 3.63) is 35.4 Å². The summed E-state index contributed by atoms with van der Waals surface area (Å²) in [6.45, 7) is 4.76. The number of rotatable bonds is 5. The van der Waals surface area contributed by atoms with E-state index in [1.807, 2.05) is 12.1 Å². The van der Waals surface area contributed by atoms with E-state index in [9.17, 15) is 4.79 Å². The van der Waals surface area contributed by atoms with Crippen molar-refractivity contribution in [2.75, 3.05) is 6.54 Å². The smallest absolute Gasteiger partial charge is 0.221 e. The first kappa shape index (κ1) is 16.0. The second-order valence-corrected chi connectivity index (χ2v) is 6.59. The van der Waals surface area contributed by atoms with Crippen molar-refractivity contribution in [3.8, 4) is 0 Å². The maximum Gasteiger partial charge on any atom is 0.221 e. The molecule has 0 saturated heterocycles. The molecule has 3 N–H and O–H groups in total. The minimum absolute atomic E-state index is 0.0355. The van der Waals surface area contributed by atoms with E-state index in [2.05, 4.69) is 31.3 Å². The standard InChI is InChI=1S/C18H28N2O/c1-14-8-4-5-9-16(14)15(2)20-17(21)12-18(13-19)10-6-3-7-11-18/h4-5,8-9,15H,3,6-7,10-13,19H2,1-2H3,(H,20,21)/t15-/m0/s1. The highest BCUT2D eigenvalue weighted by Gasteiger charge is 2.33. The second-order valence-electron chi connectivity index (χ2n) is 6.59. The molecule has 0 heterocycles. The van der Waals surface area contributed by atoms with Gasteiger partial charge in [-0.25, -0.2) is 0 Å². The molecule has 0 bridgehead atoms. The first-order chi connectivity index (χ1) is 10.1. The van der Waals surface area contributed by atoms with Crippen LogP contribution in [0.25, 0.3) is 0 Å². The fourth-order valence-corrected chi connectivity index (χ4v) is 3.54. The monoisotopic (exact) mass is 288 g/mol. The highest BCUT2D eigenvalue weighted by molar-refractivity contribution is 5.77. The Kier molecular flexibility index (Phi) is 5.40. The van der Waals surface area contributed by atoms with Crippen molar-refractivity contribution in [1.82, 2.24) is 5.32 Å². The third-order valence-corrected chi connectivity index (χ3v) is 4.92. The predicted octanol–water partition coefficient (Wildman–Crippen LogP) is 3.47. The van der Waals surface area contributed by atoms with Crippen molar-refractivity contribution in [3.63, 3.8) is 0 Å². The molecule has 3 heteroatoms. The molecule has 3 nitrogen and oxygen atoms in total. The average Bonchev–Trinajstić information content (AvgIpc) is 2.48.